The Morgan fingerprint density at radius 2 is 2.00 bits per heavy atom. The molecule has 0 radical (unpaired) electrons. The van der Waals surface area contributed by atoms with Crippen LogP contribution in [0.25, 0.3) is 0 Å². The van der Waals surface area contributed by atoms with Gasteiger partial charge in [-0.2, -0.15) is 0 Å². The topological polar surface area (TPSA) is 49.4 Å². The molecular weight excluding hydrogens is 236 g/mol. The first-order chi connectivity index (χ1) is 7.84. The lowest BCUT2D eigenvalue weighted by atomic mass is 9.78. The molecule has 0 aromatic carbocycles. The Morgan fingerprint density at radius 3 is 2.47 bits per heavy atom. The maximum atomic E-state index is 11.5. The van der Waals surface area contributed by atoms with E-state index >= 15 is 0 Å². The molecule has 2 heterocycles. The van der Waals surface area contributed by atoms with Crippen LogP contribution in [-0.4, -0.2) is 57.0 Å². The van der Waals surface area contributed by atoms with Crippen LogP contribution < -0.4 is 5.32 Å². The van der Waals surface area contributed by atoms with Crippen LogP contribution in [-0.2, 0) is 9.84 Å². The SMILES string of the molecule is CNC1CCN(C2CCS(=O)(=O)C2)CC1(C)C. The van der Waals surface area contributed by atoms with Crippen LogP contribution in [0.1, 0.15) is 26.7 Å². The molecule has 0 aromatic heterocycles. The van der Waals surface area contributed by atoms with Gasteiger partial charge in [0.2, 0.25) is 0 Å². The maximum Gasteiger partial charge on any atom is 0.151 e. The van der Waals surface area contributed by atoms with Crippen molar-refractivity contribution < 1.29 is 8.42 Å². The molecule has 0 spiro atoms. The number of nitrogens with zero attached hydrogens (tertiary/aromatic N) is 1. The average Bonchev–Trinajstić information content (AvgIpc) is 2.57. The molecule has 0 aromatic rings. The summed E-state index contributed by atoms with van der Waals surface area (Å²) in [6.45, 7) is 6.56. The first-order valence-corrected chi connectivity index (χ1v) is 8.28. The van der Waals surface area contributed by atoms with Crippen molar-refractivity contribution in [3.05, 3.63) is 0 Å². The zero-order chi connectivity index (χ0) is 12.7. The van der Waals surface area contributed by atoms with Gasteiger partial charge in [-0.25, -0.2) is 8.42 Å². The summed E-state index contributed by atoms with van der Waals surface area (Å²) in [5, 5.41) is 3.38. The zero-order valence-corrected chi connectivity index (χ0v) is 11.9. The van der Waals surface area contributed by atoms with Gasteiger partial charge in [-0.3, -0.25) is 4.90 Å². The van der Waals surface area contributed by atoms with Gasteiger partial charge in [0.25, 0.3) is 0 Å². The van der Waals surface area contributed by atoms with Gasteiger partial charge in [0, 0.05) is 18.6 Å². The van der Waals surface area contributed by atoms with E-state index in [0.717, 1.165) is 25.9 Å². The molecule has 2 saturated heterocycles. The number of rotatable bonds is 2. The lowest BCUT2D eigenvalue weighted by molar-refractivity contribution is 0.0574. The largest absolute Gasteiger partial charge is 0.316 e. The molecule has 0 saturated carbocycles. The minimum absolute atomic E-state index is 0.222. The summed E-state index contributed by atoms with van der Waals surface area (Å²) < 4.78 is 23.1. The second-order valence-corrected chi connectivity index (χ2v) is 8.37. The highest BCUT2D eigenvalue weighted by atomic mass is 32.2. The summed E-state index contributed by atoms with van der Waals surface area (Å²) in [4.78, 5) is 2.39. The van der Waals surface area contributed by atoms with Crippen LogP contribution in [0.5, 0.6) is 0 Å². The van der Waals surface area contributed by atoms with Gasteiger partial charge in [0.15, 0.2) is 9.84 Å². The van der Waals surface area contributed by atoms with Gasteiger partial charge in [-0.05, 0) is 31.8 Å². The highest BCUT2D eigenvalue weighted by Crippen LogP contribution is 2.32. The molecule has 2 unspecified atom stereocenters. The fraction of sp³-hybridized carbons (Fsp3) is 1.00. The van der Waals surface area contributed by atoms with E-state index in [0.29, 0.717) is 17.5 Å². The molecule has 2 aliphatic rings. The molecule has 2 rings (SSSR count). The maximum absolute atomic E-state index is 11.5. The number of sulfone groups is 1. The first-order valence-electron chi connectivity index (χ1n) is 6.46. The van der Waals surface area contributed by atoms with Crippen molar-refractivity contribution in [1.82, 2.24) is 10.2 Å². The van der Waals surface area contributed by atoms with E-state index in [9.17, 15) is 8.42 Å². The van der Waals surface area contributed by atoms with Crippen molar-refractivity contribution in [1.29, 1.82) is 0 Å². The average molecular weight is 260 g/mol. The molecule has 17 heavy (non-hydrogen) atoms. The summed E-state index contributed by atoms with van der Waals surface area (Å²) in [7, 11) is -0.742. The summed E-state index contributed by atoms with van der Waals surface area (Å²) in [5.41, 5.74) is 0.222. The predicted molar refractivity (Wildman–Crippen MR) is 69.9 cm³/mol. The van der Waals surface area contributed by atoms with Crippen molar-refractivity contribution in [3.8, 4) is 0 Å². The van der Waals surface area contributed by atoms with E-state index in [1.807, 2.05) is 7.05 Å². The van der Waals surface area contributed by atoms with Crippen LogP contribution in [0, 0.1) is 5.41 Å². The van der Waals surface area contributed by atoms with Gasteiger partial charge in [-0.15, -0.1) is 0 Å². The third-order valence-electron chi connectivity index (χ3n) is 4.33. The zero-order valence-electron chi connectivity index (χ0n) is 11.1. The standard InChI is InChI=1S/C12H24N2O2S/c1-12(2)9-14(6-4-11(12)13-3)10-5-7-17(15,16)8-10/h10-11,13H,4-9H2,1-3H3. The van der Waals surface area contributed by atoms with Gasteiger partial charge >= 0.3 is 0 Å². The van der Waals surface area contributed by atoms with Crippen molar-refractivity contribution >= 4 is 9.84 Å². The summed E-state index contributed by atoms with van der Waals surface area (Å²) >= 11 is 0. The number of nitrogens with one attached hydrogen (secondary N) is 1. The van der Waals surface area contributed by atoms with Crippen LogP contribution in [0.3, 0.4) is 0 Å². The summed E-state index contributed by atoms with van der Waals surface area (Å²) in [6.07, 6.45) is 1.93. The van der Waals surface area contributed by atoms with Gasteiger partial charge < -0.3 is 5.32 Å². The van der Waals surface area contributed by atoms with E-state index in [1.165, 1.54) is 0 Å². The van der Waals surface area contributed by atoms with Gasteiger partial charge in [0.1, 0.15) is 0 Å². The lowest BCUT2D eigenvalue weighted by Crippen LogP contribution is -2.56. The summed E-state index contributed by atoms with van der Waals surface area (Å²) in [5.74, 6) is 0.747. The Kier molecular flexibility index (Phi) is 3.54. The van der Waals surface area contributed by atoms with Crippen LogP contribution >= 0.6 is 0 Å². The van der Waals surface area contributed by atoms with E-state index in [4.69, 9.17) is 0 Å². The monoisotopic (exact) mass is 260 g/mol. The van der Waals surface area contributed by atoms with Gasteiger partial charge in [-0.1, -0.05) is 13.8 Å². The van der Waals surface area contributed by atoms with Crippen LogP contribution in [0.4, 0.5) is 0 Å². The number of piperidine rings is 1. The highest BCUT2D eigenvalue weighted by Gasteiger charge is 2.40. The molecule has 100 valence electrons. The first kappa shape index (κ1) is 13.3. The quantitative estimate of drug-likeness (QED) is 0.785. The molecule has 0 amide bonds. The van der Waals surface area contributed by atoms with Crippen molar-refractivity contribution in [3.63, 3.8) is 0 Å². The van der Waals surface area contributed by atoms with Crippen molar-refractivity contribution in [2.45, 2.75) is 38.8 Å². The normalized spacial score (nSPS) is 37.1. The molecule has 2 fully saturated rings. The molecule has 0 aliphatic carbocycles. The lowest BCUT2D eigenvalue weighted by Gasteiger charge is -2.46. The fourth-order valence-corrected chi connectivity index (χ4v) is 5.07. The molecule has 0 bridgehead atoms. The highest BCUT2D eigenvalue weighted by molar-refractivity contribution is 7.91. The molecule has 2 atom stereocenters. The molecule has 5 heteroatoms. The van der Waals surface area contributed by atoms with Crippen molar-refractivity contribution in [2.24, 2.45) is 5.41 Å². The molecule has 1 N–H and O–H groups in total. The second kappa shape index (κ2) is 4.52. The van der Waals surface area contributed by atoms with E-state index < -0.39 is 9.84 Å². The van der Waals surface area contributed by atoms with Crippen LogP contribution in [0.15, 0.2) is 0 Å². The Labute approximate surface area is 105 Å². The Balaban J connectivity index is 2.01. The Hall–Kier alpha value is -0.130. The minimum atomic E-state index is -2.76. The third-order valence-corrected chi connectivity index (χ3v) is 6.08. The molecule has 4 nitrogen and oxygen atoms in total. The third kappa shape index (κ3) is 2.83. The smallest absolute Gasteiger partial charge is 0.151 e. The number of likely N-dealkylation sites (tertiary alicyclic amines) is 1. The number of hydrogen-bond acceptors (Lipinski definition) is 4. The van der Waals surface area contributed by atoms with Crippen LogP contribution in [0.2, 0.25) is 0 Å². The predicted octanol–water partition coefficient (Wildman–Crippen LogP) is 0.493. The van der Waals surface area contributed by atoms with E-state index in [1.54, 1.807) is 0 Å². The van der Waals surface area contributed by atoms with Gasteiger partial charge in [0.05, 0.1) is 11.5 Å². The molecular formula is C12H24N2O2S. The Morgan fingerprint density at radius 1 is 1.29 bits per heavy atom. The summed E-state index contributed by atoms with van der Waals surface area (Å²) in [6, 6.07) is 0.800. The second-order valence-electron chi connectivity index (χ2n) is 6.15. The molecule has 2 aliphatic heterocycles. The number of hydrogen-bond donors (Lipinski definition) is 1. The van der Waals surface area contributed by atoms with E-state index in [-0.39, 0.29) is 11.5 Å². The minimum Gasteiger partial charge on any atom is -0.316 e. The fourth-order valence-electron chi connectivity index (χ4n) is 3.31. The van der Waals surface area contributed by atoms with E-state index in [2.05, 4.69) is 24.1 Å². The van der Waals surface area contributed by atoms with Crippen molar-refractivity contribution in [2.75, 3.05) is 31.6 Å². The Bertz CT molecular complexity index is 378.